The van der Waals surface area contributed by atoms with Crippen molar-refractivity contribution in [3.05, 3.63) is 69.7 Å². The van der Waals surface area contributed by atoms with Crippen molar-refractivity contribution in [1.29, 1.82) is 0 Å². The van der Waals surface area contributed by atoms with Gasteiger partial charge in [0.15, 0.2) is 0 Å². The summed E-state index contributed by atoms with van der Waals surface area (Å²) in [5.41, 5.74) is 4.71. The van der Waals surface area contributed by atoms with Crippen LogP contribution >= 0.6 is 11.6 Å². The molecule has 2 heteroatoms. The van der Waals surface area contributed by atoms with Gasteiger partial charge in [-0.2, -0.15) is 0 Å². The van der Waals surface area contributed by atoms with Crippen LogP contribution in [0.4, 0.5) is 0 Å². The highest BCUT2D eigenvalue weighted by molar-refractivity contribution is 6.30. The summed E-state index contributed by atoms with van der Waals surface area (Å²) in [6.07, 6.45) is 4.28. The average Bonchev–Trinajstić information content (AvgIpc) is 2.47. The Hall–Kier alpha value is -1.31. The Labute approximate surface area is 118 Å². The maximum absolute atomic E-state index is 10.4. The van der Waals surface area contributed by atoms with Gasteiger partial charge in [0.25, 0.3) is 0 Å². The first kappa shape index (κ1) is 12.7. The molecule has 0 spiro atoms. The number of fused-ring (bicyclic) bond motifs is 1. The third kappa shape index (κ3) is 2.68. The van der Waals surface area contributed by atoms with Gasteiger partial charge in [-0.3, -0.25) is 0 Å². The SMILES string of the molecule is OC(c1ccc(Cl)cc1)c1ccc2c(c1)CCCC2. The van der Waals surface area contributed by atoms with E-state index in [0.29, 0.717) is 5.02 Å². The van der Waals surface area contributed by atoms with Gasteiger partial charge in [-0.05, 0) is 60.1 Å². The fraction of sp³-hybridized carbons (Fsp3) is 0.294. The Kier molecular flexibility index (Phi) is 3.58. The Balaban J connectivity index is 1.91. The molecule has 1 N–H and O–H groups in total. The number of aliphatic hydroxyl groups is 1. The number of rotatable bonds is 2. The van der Waals surface area contributed by atoms with Crippen LogP contribution in [-0.2, 0) is 12.8 Å². The molecule has 0 aromatic heterocycles. The molecule has 2 aromatic carbocycles. The van der Waals surface area contributed by atoms with E-state index in [2.05, 4.69) is 12.1 Å². The standard InChI is InChI=1S/C17H17ClO/c18-16-9-7-13(8-10-16)17(19)15-6-5-12-3-1-2-4-14(12)11-15/h5-11,17,19H,1-4H2. The molecule has 0 radical (unpaired) electrons. The molecule has 98 valence electrons. The molecular formula is C17H17ClO. The van der Waals surface area contributed by atoms with Crippen LogP contribution < -0.4 is 0 Å². The average molecular weight is 273 g/mol. The first-order valence-corrected chi connectivity index (χ1v) is 7.17. The van der Waals surface area contributed by atoms with Gasteiger partial charge in [-0.1, -0.05) is 41.9 Å². The highest BCUT2D eigenvalue weighted by atomic mass is 35.5. The van der Waals surface area contributed by atoms with Crippen molar-refractivity contribution < 1.29 is 5.11 Å². The molecule has 0 heterocycles. The van der Waals surface area contributed by atoms with Crippen LogP contribution in [-0.4, -0.2) is 5.11 Å². The maximum atomic E-state index is 10.4. The monoisotopic (exact) mass is 272 g/mol. The van der Waals surface area contributed by atoms with Crippen molar-refractivity contribution in [3.8, 4) is 0 Å². The lowest BCUT2D eigenvalue weighted by Crippen LogP contribution is -2.06. The van der Waals surface area contributed by atoms with Crippen LogP contribution in [0.1, 0.15) is 41.2 Å². The summed E-state index contributed by atoms with van der Waals surface area (Å²) >= 11 is 5.88. The molecule has 1 aliphatic carbocycles. The summed E-state index contributed by atoms with van der Waals surface area (Å²) in [6, 6.07) is 13.8. The van der Waals surface area contributed by atoms with E-state index >= 15 is 0 Å². The van der Waals surface area contributed by atoms with E-state index in [1.807, 2.05) is 30.3 Å². The van der Waals surface area contributed by atoms with Crippen molar-refractivity contribution in [2.24, 2.45) is 0 Å². The van der Waals surface area contributed by atoms with Gasteiger partial charge >= 0.3 is 0 Å². The molecule has 0 bridgehead atoms. The highest BCUT2D eigenvalue weighted by Gasteiger charge is 2.14. The fourth-order valence-electron chi connectivity index (χ4n) is 2.76. The smallest absolute Gasteiger partial charge is 0.104 e. The molecule has 0 aliphatic heterocycles. The zero-order valence-electron chi connectivity index (χ0n) is 10.8. The lowest BCUT2D eigenvalue weighted by atomic mass is 9.88. The number of hydrogen-bond acceptors (Lipinski definition) is 1. The van der Waals surface area contributed by atoms with E-state index in [-0.39, 0.29) is 0 Å². The number of benzene rings is 2. The van der Waals surface area contributed by atoms with E-state index in [1.54, 1.807) is 0 Å². The molecule has 1 aliphatic rings. The van der Waals surface area contributed by atoms with Crippen molar-refractivity contribution >= 4 is 11.6 Å². The van der Waals surface area contributed by atoms with E-state index < -0.39 is 6.10 Å². The van der Waals surface area contributed by atoms with E-state index in [0.717, 1.165) is 17.5 Å². The third-order valence-corrected chi connectivity index (χ3v) is 4.13. The molecule has 0 saturated carbocycles. The predicted octanol–water partition coefficient (Wildman–Crippen LogP) is 4.30. The second-order valence-electron chi connectivity index (χ2n) is 5.19. The van der Waals surface area contributed by atoms with Crippen LogP contribution in [0, 0.1) is 0 Å². The molecular weight excluding hydrogens is 256 g/mol. The van der Waals surface area contributed by atoms with Gasteiger partial charge in [0.05, 0.1) is 0 Å². The van der Waals surface area contributed by atoms with Gasteiger partial charge in [0.2, 0.25) is 0 Å². The molecule has 1 unspecified atom stereocenters. The lowest BCUT2D eigenvalue weighted by molar-refractivity contribution is 0.220. The number of aliphatic hydroxyl groups excluding tert-OH is 1. The summed E-state index contributed by atoms with van der Waals surface area (Å²) in [6.45, 7) is 0. The molecule has 1 nitrogen and oxygen atoms in total. The van der Waals surface area contributed by atoms with E-state index in [9.17, 15) is 5.11 Å². The van der Waals surface area contributed by atoms with Crippen LogP contribution in [0.2, 0.25) is 5.02 Å². The summed E-state index contributed by atoms with van der Waals surface area (Å²) in [4.78, 5) is 0. The van der Waals surface area contributed by atoms with Crippen LogP contribution in [0.5, 0.6) is 0 Å². The molecule has 3 rings (SSSR count). The maximum Gasteiger partial charge on any atom is 0.104 e. The molecule has 0 fully saturated rings. The Morgan fingerprint density at radius 2 is 1.47 bits per heavy atom. The third-order valence-electron chi connectivity index (χ3n) is 3.87. The number of hydrogen-bond donors (Lipinski definition) is 1. The lowest BCUT2D eigenvalue weighted by Gasteiger charge is -2.19. The minimum Gasteiger partial charge on any atom is -0.384 e. The largest absolute Gasteiger partial charge is 0.384 e. The predicted molar refractivity (Wildman–Crippen MR) is 78.6 cm³/mol. The zero-order chi connectivity index (χ0) is 13.2. The van der Waals surface area contributed by atoms with Gasteiger partial charge < -0.3 is 5.11 Å². The van der Waals surface area contributed by atoms with Crippen molar-refractivity contribution in [3.63, 3.8) is 0 Å². The Morgan fingerprint density at radius 1 is 0.842 bits per heavy atom. The summed E-state index contributed by atoms with van der Waals surface area (Å²) in [7, 11) is 0. The van der Waals surface area contributed by atoms with Gasteiger partial charge in [-0.15, -0.1) is 0 Å². The van der Waals surface area contributed by atoms with Gasteiger partial charge in [-0.25, -0.2) is 0 Å². The molecule has 0 saturated heterocycles. The minimum atomic E-state index is -0.565. The molecule has 19 heavy (non-hydrogen) atoms. The zero-order valence-corrected chi connectivity index (χ0v) is 11.5. The normalized spacial score (nSPS) is 15.9. The molecule has 0 amide bonds. The Morgan fingerprint density at radius 3 is 2.21 bits per heavy atom. The topological polar surface area (TPSA) is 20.2 Å². The highest BCUT2D eigenvalue weighted by Crippen LogP contribution is 2.28. The van der Waals surface area contributed by atoms with Gasteiger partial charge in [0, 0.05) is 5.02 Å². The van der Waals surface area contributed by atoms with E-state index in [4.69, 9.17) is 11.6 Å². The van der Waals surface area contributed by atoms with Crippen molar-refractivity contribution in [2.75, 3.05) is 0 Å². The van der Waals surface area contributed by atoms with Gasteiger partial charge in [0.1, 0.15) is 6.10 Å². The number of halogens is 1. The molecule has 1 atom stereocenters. The minimum absolute atomic E-state index is 0.565. The second-order valence-corrected chi connectivity index (χ2v) is 5.63. The van der Waals surface area contributed by atoms with Crippen LogP contribution in [0.25, 0.3) is 0 Å². The second kappa shape index (κ2) is 5.36. The summed E-state index contributed by atoms with van der Waals surface area (Å²) in [5, 5.41) is 11.1. The van der Waals surface area contributed by atoms with Crippen LogP contribution in [0.3, 0.4) is 0 Å². The van der Waals surface area contributed by atoms with E-state index in [1.165, 1.54) is 30.4 Å². The summed E-state index contributed by atoms with van der Waals surface area (Å²) < 4.78 is 0. The first-order chi connectivity index (χ1) is 9.24. The van der Waals surface area contributed by atoms with Crippen LogP contribution in [0.15, 0.2) is 42.5 Å². The Bertz CT molecular complexity index is 574. The number of aryl methyl sites for hydroxylation is 2. The van der Waals surface area contributed by atoms with Crippen molar-refractivity contribution in [1.82, 2.24) is 0 Å². The summed E-state index contributed by atoms with van der Waals surface area (Å²) in [5.74, 6) is 0. The first-order valence-electron chi connectivity index (χ1n) is 6.79. The quantitative estimate of drug-likeness (QED) is 0.864. The fourth-order valence-corrected chi connectivity index (χ4v) is 2.89. The molecule has 2 aromatic rings. The van der Waals surface area contributed by atoms with Crippen molar-refractivity contribution in [2.45, 2.75) is 31.8 Å².